The first kappa shape index (κ1) is 16.4. The number of Topliss-reactive ketones (excluding diaryl/α,β-unsaturated/α-hetero) is 1. The number of thiophene rings is 1. The van der Waals surface area contributed by atoms with Crippen molar-refractivity contribution in [1.29, 1.82) is 0 Å². The summed E-state index contributed by atoms with van der Waals surface area (Å²) < 4.78 is 5.14. The molecule has 2 heterocycles. The van der Waals surface area contributed by atoms with E-state index in [-0.39, 0.29) is 24.2 Å². The molecule has 0 unspecified atom stereocenters. The average Bonchev–Trinajstić information content (AvgIpc) is 3.03. The predicted molar refractivity (Wildman–Crippen MR) is 91.9 cm³/mol. The summed E-state index contributed by atoms with van der Waals surface area (Å²) in [5.74, 6) is -1.14. The quantitative estimate of drug-likeness (QED) is 0.681. The van der Waals surface area contributed by atoms with Crippen molar-refractivity contribution in [3.63, 3.8) is 0 Å². The second-order valence-electron chi connectivity index (χ2n) is 5.84. The highest BCUT2D eigenvalue weighted by atomic mass is 32.1. The molecular formula is C18H17NO4S. The largest absolute Gasteiger partial charge is 0.454 e. The van der Waals surface area contributed by atoms with Gasteiger partial charge in [0.1, 0.15) is 0 Å². The summed E-state index contributed by atoms with van der Waals surface area (Å²) in [6.45, 7) is 5.24. The zero-order valence-corrected chi connectivity index (χ0v) is 14.5. The Labute approximate surface area is 143 Å². The lowest BCUT2D eigenvalue weighted by Gasteiger charge is -2.07. The molecule has 1 aliphatic heterocycles. The number of rotatable bonds is 4. The van der Waals surface area contributed by atoms with E-state index in [1.54, 1.807) is 31.2 Å². The molecule has 1 atom stereocenters. The molecule has 0 radical (unpaired) electrons. The average molecular weight is 343 g/mol. The van der Waals surface area contributed by atoms with E-state index in [2.05, 4.69) is 5.32 Å². The van der Waals surface area contributed by atoms with E-state index in [9.17, 15) is 14.4 Å². The maximum absolute atomic E-state index is 12.3. The van der Waals surface area contributed by atoms with Gasteiger partial charge in [-0.05, 0) is 50.6 Å². The van der Waals surface area contributed by atoms with Crippen molar-refractivity contribution in [3.05, 3.63) is 50.7 Å². The standard InChI is InChI=1S/C18H17NO4S/c1-9-6-14(11(3)24-9)18(22)23-8-16(20)12-4-5-15-13(7-12)10(2)17(21)19-15/h4-7,10H,8H2,1-3H3,(H,19,21)/t10-/m0/s1. The van der Waals surface area contributed by atoms with Gasteiger partial charge in [0.05, 0.1) is 11.5 Å². The van der Waals surface area contributed by atoms with Crippen molar-refractivity contribution in [3.8, 4) is 0 Å². The molecule has 1 amide bonds. The molecule has 0 saturated heterocycles. The van der Waals surface area contributed by atoms with Gasteiger partial charge in [0.15, 0.2) is 12.4 Å². The van der Waals surface area contributed by atoms with Gasteiger partial charge in [-0.1, -0.05) is 0 Å². The summed E-state index contributed by atoms with van der Waals surface area (Å²) in [7, 11) is 0. The summed E-state index contributed by atoms with van der Waals surface area (Å²) >= 11 is 1.52. The Morgan fingerprint density at radius 3 is 2.67 bits per heavy atom. The summed E-state index contributed by atoms with van der Waals surface area (Å²) in [6, 6.07) is 6.79. The Hall–Kier alpha value is -2.47. The number of ether oxygens (including phenoxy) is 1. The van der Waals surface area contributed by atoms with Gasteiger partial charge in [-0.3, -0.25) is 9.59 Å². The number of anilines is 1. The number of nitrogens with one attached hydrogen (secondary N) is 1. The van der Waals surface area contributed by atoms with Crippen LogP contribution in [0.4, 0.5) is 5.69 Å². The highest BCUT2D eigenvalue weighted by Crippen LogP contribution is 2.32. The molecular weight excluding hydrogens is 326 g/mol. The number of aryl methyl sites for hydroxylation is 2. The molecule has 0 fully saturated rings. The van der Waals surface area contributed by atoms with Gasteiger partial charge >= 0.3 is 5.97 Å². The monoisotopic (exact) mass is 343 g/mol. The van der Waals surface area contributed by atoms with Crippen LogP contribution in [-0.4, -0.2) is 24.3 Å². The van der Waals surface area contributed by atoms with E-state index in [1.165, 1.54) is 11.3 Å². The van der Waals surface area contributed by atoms with E-state index in [4.69, 9.17) is 4.74 Å². The molecule has 2 aromatic rings. The molecule has 1 aliphatic rings. The fourth-order valence-electron chi connectivity index (χ4n) is 2.72. The molecule has 24 heavy (non-hydrogen) atoms. The molecule has 124 valence electrons. The number of ketones is 1. The van der Waals surface area contributed by atoms with Crippen molar-refractivity contribution in [2.24, 2.45) is 0 Å². The third-order valence-corrected chi connectivity index (χ3v) is 5.05. The molecule has 1 aromatic heterocycles. The first-order chi connectivity index (χ1) is 11.4. The molecule has 0 spiro atoms. The summed E-state index contributed by atoms with van der Waals surface area (Å²) in [6.07, 6.45) is 0. The van der Waals surface area contributed by atoms with Gasteiger partial charge in [0.25, 0.3) is 0 Å². The van der Waals surface area contributed by atoms with Crippen molar-refractivity contribution < 1.29 is 19.1 Å². The minimum Gasteiger partial charge on any atom is -0.454 e. The van der Waals surface area contributed by atoms with Crippen LogP contribution in [0.1, 0.15) is 48.9 Å². The van der Waals surface area contributed by atoms with Crippen LogP contribution < -0.4 is 5.32 Å². The Morgan fingerprint density at radius 2 is 2.00 bits per heavy atom. The third kappa shape index (κ3) is 2.97. The number of carbonyl (C=O) groups is 3. The van der Waals surface area contributed by atoms with Crippen molar-refractivity contribution >= 4 is 34.7 Å². The predicted octanol–water partition coefficient (Wildman–Crippen LogP) is 3.46. The van der Waals surface area contributed by atoms with Crippen LogP contribution in [0.3, 0.4) is 0 Å². The van der Waals surface area contributed by atoms with Gasteiger partial charge in [-0.15, -0.1) is 11.3 Å². The molecule has 0 saturated carbocycles. The third-order valence-electron chi connectivity index (χ3n) is 4.09. The molecule has 6 heteroatoms. The van der Waals surface area contributed by atoms with Crippen LogP contribution in [0.25, 0.3) is 0 Å². The lowest BCUT2D eigenvalue weighted by molar-refractivity contribution is -0.116. The molecule has 5 nitrogen and oxygen atoms in total. The maximum atomic E-state index is 12.3. The van der Waals surface area contributed by atoms with Crippen LogP contribution in [0.5, 0.6) is 0 Å². The van der Waals surface area contributed by atoms with Crippen LogP contribution in [0.2, 0.25) is 0 Å². The zero-order valence-electron chi connectivity index (χ0n) is 13.6. The Morgan fingerprint density at radius 1 is 1.25 bits per heavy atom. The van der Waals surface area contributed by atoms with E-state index < -0.39 is 5.97 Å². The number of amides is 1. The number of hydrogen-bond donors (Lipinski definition) is 1. The van der Waals surface area contributed by atoms with Gasteiger partial charge in [-0.2, -0.15) is 0 Å². The van der Waals surface area contributed by atoms with Gasteiger partial charge in [0, 0.05) is 21.0 Å². The lowest BCUT2D eigenvalue weighted by atomic mass is 9.99. The smallest absolute Gasteiger partial charge is 0.339 e. The lowest BCUT2D eigenvalue weighted by Crippen LogP contribution is -2.14. The van der Waals surface area contributed by atoms with E-state index >= 15 is 0 Å². The summed E-state index contributed by atoms with van der Waals surface area (Å²) in [4.78, 5) is 37.9. The van der Waals surface area contributed by atoms with Crippen molar-refractivity contribution in [2.45, 2.75) is 26.7 Å². The second kappa shape index (κ2) is 6.20. The Balaban J connectivity index is 1.69. The zero-order chi connectivity index (χ0) is 17.4. The fourth-order valence-corrected chi connectivity index (χ4v) is 3.63. The first-order valence-corrected chi connectivity index (χ1v) is 8.40. The SMILES string of the molecule is Cc1cc(C(=O)OCC(=O)c2ccc3c(c2)[C@H](C)C(=O)N3)c(C)s1. The molecule has 0 bridgehead atoms. The van der Waals surface area contributed by atoms with E-state index in [0.717, 1.165) is 21.0 Å². The topological polar surface area (TPSA) is 72.5 Å². The van der Waals surface area contributed by atoms with Crippen LogP contribution in [0.15, 0.2) is 24.3 Å². The number of carbonyl (C=O) groups excluding carboxylic acids is 3. The Bertz CT molecular complexity index is 853. The number of fused-ring (bicyclic) bond motifs is 1. The minimum absolute atomic E-state index is 0.0793. The number of esters is 1. The first-order valence-electron chi connectivity index (χ1n) is 7.59. The fraction of sp³-hybridized carbons (Fsp3) is 0.278. The van der Waals surface area contributed by atoms with E-state index in [0.29, 0.717) is 11.1 Å². The summed E-state index contributed by atoms with van der Waals surface area (Å²) in [5, 5.41) is 2.76. The second-order valence-corrected chi connectivity index (χ2v) is 7.30. The van der Waals surface area contributed by atoms with Crippen LogP contribution in [0, 0.1) is 13.8 Å². The molecule has 1 aromatic carbocycles. The number of benzene rings is 1. The highest BCUT2D eigenvalue weighted by Gasteiger charge is 2.27. The molecule has 3 rings (SSSR count). The normalized spacial score (nSPS) is 15.8. The maximum Gasteiger partial charge on any atom is 0.339 e. The Kier molecular flexibility index (Phi) is 4.24. The van der Waals surface area contributed by atoms with Crippen molar-refractivity contribution in [2.75, 3.05) is 11.9 Å². The number of hydrogen-bond acceptors (Lipinski definition) is 5. The van der Waals surface area contributed by atoms with Crippen LogP contribution in [-0.2, 0) is 9.53 Å². The highest BCUT2D eigenvalue weighted by molar-refractivity contribution is 7.12. The van der Waals surface area contributed by atoms with Gasteiger partial charge in [-0.25, -0.2) is 4.79 Å². The van der Waals surface area contributed by atoms with E-state index in [1.807, 2.05) is 13.8 Å². The van der Waals surface area contributed by atoms with Gasteiger partial charge < -0.3 is 10.1 Å². The van der Waals surface area contributed by atoms with Crippen LogP contribution >= 0.6 is 11.3 Å². The molecule has 0 aliphatic carbocycles. The summed E-state index contributed by atoms with van der Waals surface area (Å²) in [5.41, 5.74) is 2.46. The van der Waals surface area contributed by atoms with Gasteiger partial charge in [0.2, 0.25) is 5.91 Å². The van der Waals surface area contributed by atoms with Crippen molar-refractivity contribution in [1.82, 2.24) is 0 Å². The minimum atomic E-state index is -0.489. The molecule has 1 N–H and O–H groups in total.